The standard InChI is InChI=1S/C21H21IN2OS/c1-5-21(2,14-10-12-15(22)13-11-14)18(20(25)24(3)4)19-23-16-8-6-7-9-17(16)26-19/h5-13,18H,1H2,2-4H3/t18-,21+/m1/s1. The summed E-state index contributed by atoms with van der Waals surface area (Å²) in [5, 5.41) is 0.825. The number of aromatic nitrogens is 1. The molecule has 0 radical (unpaired) electrons. The average molecular weight is 476 g/mol. The first-order valence-corrected chi connectivity index (χ1v) is 10.2. The Labute approximate surface area is 171 Å². The van der Waals surface area contributed by atoms with Gasteiger partial charge in [0.05, 0.1) is 10.2 Å². The fraction of sp³-hybridized carbons (Fsp3) is 0.238. The topological polar surface area (TPSA) is 33.2 Å². The van der Waals surface area contributed by atoms with E-state index in [0.717, 1.165) is 24.4 Å². The van der Waals surface area contributed by atoms with Crippen molar-refractivity contribution in [1.82, 2.24) is 9.88 Å². The van der Waals surface area contributed by atoms with Crippen molar-refractivity contribution in [2.45, 2.75) is 18.3 Å². The van der Waals surface area contributed by atoms with E-state index in [-0.39, 0.29) is 5.91 Å². The van der Waals surface area contributed by atoms with Crippen LogP contribution in [0.1, 0.15) is 23.4 Å². The molecule has 2 aromatic carbocycles. The zero-order valence-electron chi connectivity index (χ0n) is 15.1. The zero-order chi connectivity index (χ0) is 18.9. The highest BCUT2D eigenvalue weighted by Crippen LogP contribution is 2.43. The molecule has 134 valence electrons. The molecule has 0 saturated carbocycles. The van der Waals surface area contributed by atoms with Crippen LogP contribution in [0.4, 0.5) is 0 Å². The molecule has 2 atom stereocenters. The first kappa shape index (κ1) is 19.0. The maximum atomic E-state index is 13.2. The number of carbonyl (C=O) groups is 1. The van der Waals surface area contributed by atoms with Crippen molar-refractivity contribution in [3.8, 4) is 0 Å². The van der Waals surface area contributed by atoms with Crippen LogP contribution in [-0.4, -0.2) is 29.9 Å². The number of rotatable bonds is 5. The number of likely N-dealkylation sites (N-methyl/N-ethyl adjacent to an activating group) is 1. The number of hydrogen-bond acceptors (Lipinski definition) is 3. The molecule has 0 aliphatic heterocycles. The molecule has 1 amide bonds. The van der Waals surface area contributed by atoms with Gasteiger partial charge in [0.1, 0.15) is 10.9 Å². The number of fused-ring (bicyclic) bond motifs is 1. The van der Waals surface area contributed by atoms with Gasteiger partial charge in [0.25, 0.3) is 0 Å². The van der Waals surface area contributed by atoms with E-state index in [0.29, 0.717) is 0 Å². The first-order chi connectivity index (χ1) is 12.4. The third-order valence-corrected chi connectivity index (χ3v) is 6.56. The number of halogens is 1. The maximum Gasteiger partial charge on any atom is 0.233 e. The second-order valence-electron chi connectivity index (χ2n) is 6.68. The van der Waals surface area contributed by atoms with Crippen LogP contribution < -0.4 is 0 Å². The van der Waals surface area contributed by atoms with E-state index in [2.05, 4.69) is 60.4 Å². The van der Waals surface area contributed by atoms with Crippen LogP contribution in [0.15, 0.2) is 61.2 Å². The monoisotopic (exact) mass is 476 g/mol. The van der Waals surface area contributed by atoms with Gasteiger partial charge in [0.15, 0.2) is 0 Å². The van der Waals surface area contributed by atoms with Gasteiger partial charge in [-0.05, 0) is 52.4 Å². The molecule has 0 unspecified atom stereocenters. The third-order valence-electron chi connectivity index (χ3n) is 4.74. The summed E-state index contributed by atoms with van der Waals surface area (Å²) in [5.74, 6) is -0.391. The largest absolute Gasteiger partial charge is 0.348 e. The number of nitrogens with zero attached hydrogens (tertiary/aromatic N) is 2. The van der Waals surface area contributed by atoms with Gasteiger partial charge >= 0.3 is 0 Å². The minimum Gasteiger partial charge on any atom is -0.348 e. The van der Waals surface area contributed by atoms with Crippen molar-refractivity contribution < 1.29 is 4.79 Å². The third kappa shape index (κ3) is 3.42. The highest BCUT2D eigenvalue weighted by molar-refractivity contribution is 14.1. The molecular formula is C21H21IN2OS. The molecule has 3 aromatic rings. The summed E-state index contributed by atoms with van der Waals surface area (Å²) in [5.41, 5.74) is 1.44. The molecule has 0 N–H and O–H groups in total. The molecule has 3 nitrogen and oxygen atoms in total. The number of carbonyl (C=O) groups excluding carboxylic acids is 1. The minimum absolute atomic E-state index is 0.0324. The highest BCUT2D eigenvalue weighted by atomic mass is 127. The molecule has 1 aromatic heterocycles. The Kier molecular flexibility index (Phi) is 5.48. The van der Waals surface area contributed by atoms with E-state index in [1.807, 2.05) is 30.3 Å². The SMILES string of the molecule is C=C[C@@](C)(c1ccc(I)cc1)[C@@H](C(=O)N(C)C)c1nc2ccccc2s1. The molecule has 3 rings (SSSR count). The van der Waals surface area contributed by atoms with Crippen LogP contribution in [-0.2, 0) is 10.2 Å². The predicted octanol–water partition coefficient (Wildman–Crippen LogP) is 5.22. The van der Waals surface area contributed by atoms with Gasteiger partial charge in [-0.3, -0.25) is 4.79 Å². The van der Waals surface area contributed by atoms with Crippen molar-refractivity contribution in [2.24, 2.45) is 0 Å². The molecule has 0 bridgehead atoms. The smallest absolute Gasteiger partial charge is 0.233 e. The highest BCUT2D eigenvalue weighted by Gasteiger charge is 2.42. The molecule has 0 fully saturated rings. The van der Waals surface area contributed by atoms with E-state index < -0.39 is 11.3 Å². The molecular weight excluding hydrogens is 455 g/mol. The number of para-hydroxylation sites is 1. The predicted molar refractivity (Wildman–Crippen MR) is 118 cm³/mol. The van der Waals surface area contributed by atoms with Gasteiger partial charge in [-0.25, -0.2) is 4.98 Å². The summed E-state index contributed by atoms with van der Waals surface area (Å²) >= 11 is 3.87. The summed E-state index contributed by atoms with van der Waals surface area (Å²) in [7, 11) is 3.58. The van der Waals surface area contributed by atoms with E-state index in [1.54, 1.807) is 30.3 Å². The Morgan fingerprint density at radius 2 is 1.88 bits per heavy atom. The van der Waals surface area contributed by atoms with E-state index >= 15 is 0 Å². The molecule has 0 saturated heterocycles. The lowest BCUT2D eigenvalue weighted by Gasteiger charge is -2.35. The van der Waals surface area contributed by atoms with Crippen LogP contribution in [0.25, 0.3) is 10.2 Å². The molecule has 5 heteroatoms. The number of thiazole rings is 1. The fourth-order valence-electron chi connectivity index (χ4n) is 3.10. The van der Waals surface area contributed by atoms with Crippen molar-refractivity contribution in [1.29, 1.82) is 0 Å². The second-order valence-corrected chi connectivity index (χ2v) is 8.99. The fourth-order valence-corrected chi connectivity index (χ4v) is 4.66. The Morgan fingerprint density at radius 3 is 2.46 bits per heavy atom. The average Bonchev–Trinajstić information content (AvgIpc) is 3.05. The van der Waals surface area contributed by atoms with Crippen LogP contribution in [0, 0.1) is 3.57 Å². The molecule has 0 spiro atoms. The molecule has 0 aliphatic carbocycles. The Hall–Kier alpha value is -1.73. The van der Waals surface area contributed by atoms with E-state index in [1.165, 1.54) is 0 Å². The van der Waals surface area contributed by atoms with Crippen molar-refractivity contribution in [3.63, 3.8) is 0 Å². The summed E-state index contributed by atoms with van der Waals surface area (Å²) < 4.78 is 2.25. The normalized spacial score (nSPS) is 14.6. The van der Waals surface area contributed by atoms with Gasteiger partial charge in [-0.2, -0.15) is 0 Å². The lowest BCUT2D eigenvalue weighted by atomic mass is 9.71. The van der Waals surface area contributed by atoms with Crippen LogP contribution in [0.3, 0.4) is 0 Å². The number of benzene rings is 2. The molecule has 26 heavy (non-hydrogen) atoms. The van der Waals surface area contributed by atoms with Crippen LogP contribution in [0.2, 0.25) is 0 Å². The van der Waals surface area contributed by atoms with Crippen molar-refractivity contribution >= 4 is 50.1 Å². The van der Waals surface area contributed by atoms with Gasteiger partial charge in [-0.15, -0.1) is 17.9 Å². The van der Waals surface area contributed by atoms with Crippen molar-refractivity contribution in [2.75, 3.05) is 14.1 Å². The van der Waals surface area contributed by atoms with Crippen LogP contribution in [0.5, 0.6) is 0 Å². The summed E-state index contributed by atoms with van der Waals surface area (Å²) in [4.78, 5) is 19.6. The van der Waals surface area contributed by atoms with Crippen LogP contribution >= 0.6 is 33.9 Å². The Balaban J connectivity index is 2.20. The Bertz CT molecular complexity index is 915. The summed E-state index contributed by atoms with van der Waals surface area (Å²) in [6.45, 7) is 6.15. The van der Waals surface area contributed by atoms with Gasteiger partial charge in [-0.1, -0.05) is 37.3 Å². The summed E-state index contributed by atoms with van der Waals surface area (Å²) in [6, 6.07) is 16.3. The van der Waals surface area contributed by atoms with Gasteiger partial charge < -0.3 is 4.90 Å². The maximum absolute atomic E-state index is 13.2. The zero-order valence-corrected chi connectivity index (χ0v) is 18.0. The lowest BCUT2D eigenvalue weighted by molar-refractivity contribution is -0.131. The quantitative estimate of drug-likeness (QED) is 0.374. The number of amides is 1. The van der Waals surface area contributed by atoms with Gasteiger partial charge in [0, 0.05) is 23.1 Å². The Morgan fingerprint density at radius 1 is 1.23 bits per heavy atom. The number of allylic oxidation sites excluding steroid dienone is 1. The summed E-state index contributed by atoms with van der Waals surface area (Å²) in [6.07, 6.45) is 1.88. The van der Waals surface area contributed by atoms with Gasteiger partial charge in [0.2, 0.25) is 5.91 Å². The number of hydrogen-bond donors (Lipinski definition) is 0. The molecule has 1 heterocycles. The van der Waals surface area contributed by atoms with E-state index in [4.69, 9.17) is 4.98 Å². The lowest BCUT2D eigenvalue weighted by Crippen LogP contribution is -2.40. The second kappa shape index (κ2) is 7.48. The first-order valence-electron chi connectivity index (χ1n) is 8.33. The van der Waals surface area contributed by atoms with E-state index in [9.17, 15) is 4.79 Å². The minimum atomic E-state index is -0.556. The van der Waals surface area contributed by atoms with Crippen molar-refractivity contribution in [3.05, 3.63) is 75.3 Å². The molecule has 0 aliphatic rings.